The molecule has 10 unspecified atom stereocenters. The van der Waals surface area contributed by atoms with Gasteiger partial charge in [0, 0.05) is 33.8 Å². The number of amidine groups is 2. The van der Waals surface area contributed by atoms with Gasteiger partial charge in [-0.15, -0.1) is 0 Å². The van der Waals surface area contributed by atoms with Crippen LogP contribution in [0.4, 0.5) is 11.4 Å². The van der Waals surface area contributed by atoms with Crippen molar-refractivity contribution in [2.75, 3.05) is 10.0 Å². The van der Waals surface area contributed by atoms with Gasteiger partial charge in [0.25, 0.3) is 11.8 Å². The first-order chi connectivity index (χ1) is 44.1. The lowest BCUT2D eigenvalue weighted by molar-refractivity contribution is -0.144. The summed E-state index contributed by atoms with van der Waals surface area (Å²) in [5.41, 5.74) is 6.55. The van der Waals surface area contributed by atoms with Gasteiger partial charge in [-0.3, -0.25) is 59.4 Å². The molecule has 2 aliphatic carbocycles. The number of benzene rings is 3. The highest BCUT2D eigenvalue weighted by molar-refractivity contribution is 6.44. The third-order valence-electron chi connectivity index (χ3n) is 18.7. The number of hydrogen-bond donors (Lipinski definition) is 2. The largest absolute Gasteiger partial charge is 0.278 e. The van der Waals surface area contributed by atoms with E-state index in [9.17, 15) is 9.59 Å². The van der Waals surface area contributed by atoms with Crippen LogP contribution >= 0.6 is 104 Å². The van der Waals surface area contributed by atoms with E-state index in [4.69, 9.17) is 114 Å². The van der Waals surface area contributed by atoms with E-state index in [2.05, 4.69) is 38.5 Å². The molecule has 0 aromatic heterocycles. The molecule has 0 saturated carbocycles. The minimum Gasteiger partial charge on any atom is -0.278 e. The minimum atomic E-state index is -1.95. The number of imide groups is 2. The summed E-state index contributed by atoms with van der Waals surface area (Å²) in [5, 5.41) is 2.47. The average Bonchev–Trinajstić information content (AvgIpc) is 1.56. The van der Waals surface area contributed by atoms with Gasteiger partial charge in [-0.2, -0.15) is 0 Å². The van der Waals surface area contributed by atoms with Crippen LogP contribution in [0.2, 0.25) is 35.2 Å². The van der Waals surface area contributed by atoms with Crippen LogP contribution in [0.5, 0.6) is 0 Å². The van der Waals surface area contributed by atoms with Gasteiger partial charge in [-0.25, -0.2) is 10.0 Å². The number of allylic oxidation sites excluding steroid dienone is 4. The zero-order valence-electron chi connectivity index (χ0n) is 52.1. The number of carbonyl (C=O) groups excluding carboxylic acids is 6. The predicted molar refractivity (Wildman–Crippen MR) is 374 cm³/mol. The zero-order valence-corrected chi connectivity index (χ0v) is 58.9. The summed E-state index contributed by atoms with van der Waals surface area (Å²) in [5.74, 6) is -9.58. The molecule has 4 heterocycles. The van der Waals surface area contributed by atoms with E-state index in [0.717, 1.165) is 135 Å². The summed E-state index contributed by atoms with van der Waals surface area (Å²) in [4.78, 5) is 101. The topological polar surface area (TPSA) is 164 Å². The van der Waals surface area contributed by atoms with Crippen LogP contribution in [0.3, 0.4) is 0 Å². The molecule has 0 radical (unpaired) electrons. The first kappa shape index (κ1) is 71.7. The van der Waals surface area contributed by atoms with Gasteiger partial charge in [-0.05, 0) is 85.6 Å². The summed E-state index contributed by atoms with van der Waals surface area (Å²) in [6, 6.07) is 9.69. The van der Waals surface area contributed by atoms with Gasteiger partial charge in [-0.1, -0.05) is 277 Å². The summed E-state index contributed by atoms with van der Waals surface area (Å²) in [6.45, 7) is 8.53. The number of nitrogens with zero attached hydrogens (tertiary/aromatic N) is 6. The lowest BCUT2D eigenvalue weighted by Crippen LogP contribution is -2.54. The van der Waals surface area contributed by atoms with Crippen molar-refractivity contribution in [2.45, 2.75) is 184 Å². The molecule has 3 aromatic carbocycles. The van der Waals surface area contributed by atoms with Crippen LogP contribution in [0.25, 0.3) is 0 Å². The first-order valence-electron chi connectivity index (χ1n) is 32.4. The number of alkyl halides is 2. The monoisotopic (exact) mass is 1430 g/mol. The second-order valence-electron chi connectivity index (χ2n) is 24.8. The molecule has 10 atom stereocenters. The van der Waals surface area contributed by atoms with E-state index >= 15 is 19.2 Å². The molecule has 3 aromatic rings. The molecular weight excluding hydrogens is 1360 g/mol. The molecule has 0 spiro atoms. The fraction of sp³-hybridized carbons (Fsp3) is 0.507. The third-order valence-corrected chi connectivity index (χ3v) is 21.6. The Morgan fingerprint density at radius 2 is 0.848 bits per heavy atom. The van der Waals surface area contributed by atoms with Crippen molar-refractivity contribution in [2.24, 2.45) is 45.5 Å². The second-order valence-corrected chi connectivity index (χ2v) is 29.0. The first-order valence-corrected chi connectivity index (χ1v) is 35.8. The Bertz CT molecular complexity index is 3220. The van der Waals surface area contributed by atoms with E-state index in [1.807, 2.05) is 0 Å². The molecule has 0 bridgehead atoms. The second kappa shape index (κ2) is 32.0. The maximum Gasteiger partial charge on any atom is 0.257 e. The lowest BCUT2D eigenvalue weighted by Gasteiger charge is -2.38. The van der Waals surface area contributed by atoms with Gasteiger partial charge in [0.05, 0.1) is 31.9 Å². The van der Waals surface area contributed by atoms with Crippen LogP contribution in [0.15, 0.2) is 107 Å². The van der Waals surface area contributed by atoms with Gasteiger partial charge in [0.15, 0.2) is 10.00 Å². The highest BCUT2D eigenvalue weighted by Gasteiger charge is 2.59. The Labute approximate surface area is 585 Å². The molecule has 6 aliphatic rings. The van der Waals surface area contributed by atoms with Gasteiger partial charge < -0.3 is 0 Å². The molecule has 92 heavy (non-hydrogen) atoms. The Balaban J connectivity index is 1.20. The number of hydrazine groups is 2. The third kappa shape index (κ3) is 15.1. The van der Waals surface area contributed by atoms with Crippen LogP contribution in [0.1, 0.15) is 168 Å². The van der Waals surface area contributed by atoms with Crippen LogP contribution < -0.4 is 20.9 Å². The van der Waals surface area contributed by atoms with Crippen LogP contribution in [-0.4, -0.2) is 79.0 Å². The van der Waals surface area contributed by atoms with E-state index in [0.29, 0.717) is 0 Å². The van der Waals surface area contributed by atoms with Crippen molar-refractivity contribution >= 4 is 163 Å². The molecule has 23 heteroatoms. The number of rotatable bonds is 29. The SMILES string of the molecule is CCCCCCCC(CCCC)C1CC(=O)N(C2(Cl)C=CC=CC2N=C2NN(c3c(Cl)cc(Cl)cc3Cl)C(=O)C2C(c2ccccc2Cl)C2C(=O)N(c3c(Cl)cc(Cl)cc3Cl)NC2=NC2C=CC=CC2(Cl)N2C(=O)CC(C(CCCC)CCCCCCC)C2=O)C1=O. The number of nitrogens with one attached hydrogen (secondary N) is 2. The molecule has 14 nitrogen and oxygen atoms in total. The summed E-state index contributed by atoms with van der Waals surface area (Å²) in [7, 11) is 0. The Kier molecular flexibility index (Phi) is 24.9. The molecular formula is C69H79Cl9N8O6. The van der Waals surface area contributed by atoms with Crippen molar-refractivity contribution in [3.8, 4) is 0 Å². The number of hydrogen-bond acceptors (Lipinski definition) is 8. The maximum absolute atomic E-state index is 16.3. The van der Waals surface area contributed by atoms with Crippen LogP contribution in [0, 0.1) is 35.5 Å². The molecule has 9 rings (SSSR count). The molecule has 4 saturated heterocycles. The van der Waals surface area contributed by atoms with Gasteiger partial charge in [0.2, 0.25) is 23.6 Å². The number of unbranched alkanes of at least 4 members (excludes halogenated alkanes) is 10. The predicted octanol–water partition coefficient (Wildman–Crippen LogP) is 18.4. The Hall–Kier alpha value is -4.61. The van der Waals surface area contributed by atoms with E-state index < -0.39 is 87.1 Å². The normalized spacial score (nSPS) is 26.6. The van der Waals surface area contributed by atoms with Gasteiger partial charge >= 0.3 is 0 Å². The minimum absolute atomic E-state index is 0.0310. The van der Waals surface area contributed by atoms with Crippen LogP contribution in [-0.2, 0) is 28.8 Å². The molecule has 6 amide bonds. The summed E-state index contributed by atoms with van der Waals surface area (Å²) >= 11 is 63.9. The number of anilines is 2. The van der Waals surface area contributed by atoms with Crippen molar-refractivity contribution < 1.29 is 28.8 Å². The number of carbonyl (C=O) groups is 6. The maximum atomic E-state index is 16.3. The summed E-state index contributed by atoms with van der Waals surface area (Å²) < 4.78 is 0. The standard InChI is InChI=1S/C69H79Cl9N8O6/c1-5-9-13-15-17-27-41(25-11-7-3)46-39-55(87)83(64(46)89)68(77)33-23-21-31-53(68)79-62-58(66(91)85(81-62)60-49(73)35-43(70)36-50(60)74)57(45-29-19-20-30-48(45)72)59-63(82-86(67(59)92)61-51(75)37-44(71)38-52(61)76)80-54-32-22-24-34-69(54,78)84-56(88)40-47(65(84)90)42(26-12-8-4)28-18-16-14-10-6-2/h19-24,29-38,41-42,46-47,53-54,57-59H,5-18,25-28,39-40H2,1-4H3,(H,79,81)(H,80,82). The highest BCUT2D eigenvalue weighted by Crippen LogP contribution is 2.50. The van der Waals surface area contributed by atoms with Gasteiger partial charge in [0.1, 0.15) is 47.0 Å². The van der Waals surface area contributed by atoms with E-state index in [1.54, 1.807) is 72.9 Å². The fourth-order valence-corrected chi connectivity index (χ4v) is 16.9. The molecule has 2 N–H and O–H groups in total. The Morgan fingerprint density at radius 3 is 1.23 bits per heavy atom. The van der Waals surface area contributed by atoms with E-state index in [1.165, 1.54) is 24.3 Å². The quantitative estimate of drug-likeness (QED) is 0.0300. The van der Waals surface area contributed by atoms with Crippen molar-refractivity contribution in [3.63, 3.8) is 0 Å². The highest BCUT2D eigenvalue weighted by atomic mass is 35.5. The average molecular weight is 1440 g/mol. The number of aliphatic imine (C=N–C) groups is 2. The summed E-state index contributed by atoms with van der Waals surface area (Å²) in [6.07, 6.45) is 30.1. The lowest BCUT2D eigenvalue weighted by atomic mass is 9.75. The zero-order chi connectivity index (χ0) is 66.2. The Morgan fingerprint density at radius 1 is 0.478 bits per heavy atom. The van der Waals surface area contributed by atoms with E-state index in [-0.39, 0.29) is 88.4 Å². The van der Waals surface area contributed by atoms with Crippen molar-refractivity contribution in [1.82, 2.24) is 20.7 Å². The molecule has 494 valence electrons. The molecule has 4 fully saturated rings. The molecule has 4 aliphatic heterocycles. The number of amides is 6. The number of likely N-dealkylation sites (tertiary alicyclic amines) is 2. The van der Waals surface area contributed by atoms with Crippen molar-refractivity contribution in [3.05, 3.63) is 138 Å². The fourth-order valence-electron chi connectivity index (χ4n) is 14.0. The number of halogens is 9. The van der Waals surface area contributed by atoms with Crippen molar-refractivity contribution in [1.29, 1.82) is 0 Å². The smallest absolute Gasteiger partial charge is 0.257 e.